The van der Waals surface area contributed by atoms with Crippen LogP contribution in [0.1, 0.15) is 12.0 Å². The van der Waals surface area contributed by atoms with E-state index in [9.17, 15) is 0 Å². The molecule has 0 amide bonds. The molecule has 1 aliphatic heterocycles. The molecule has 0 bridgehead atoms. The second kappa shape index (κ2) is 4.72. The summed E-state index contributed by atoms with van der Waals surface area (Å²) in [7, 11) is 0. The van der Waals surface area contributed by atoms with Gasteiger partial charge in [-0.25, -0.2) is 0 Å². The molecule has 1 aromatic rings. The number of aromatic nitrogens is 1. The SMILES string of the molecule is N#CC1=CCN(Cc2cccnc2)CC1. The van der Waals surface area contributed by atoms with Crippen molar-refractivity contribution < 1.29 is 0 Å². The number of nitrogens with zero attached hydrogens (tertiary/aromatic N) is 3. The summed E-state index contributed by atoms with van der Waals surface area (Å²) in [5.74, 6) is 0. The van der Waals surface area contributed by atoms with E-state index in [0.29, 0.717) is 0 Å². The van der Waals surface area contributed by atoms with Gasteiger partial charge in [0.25, 0.3) is 0 Å². The van der Waals surface area contributed by atoms with Gasteiger partial charge in [0.1, 0.15) is 0 Å². The summed E-state index contributed by atoms with van der Waals surface area (Å²) in [6.07, 6.45) is 6.56. The van der Waals surface area contributed by atoms with E-state index < -0.39 is 0 Å². The molecule has 0 atom stereocenters. The quantitative estimate of drug-likeness (QED) is 0.728. The van der Waals surface area contributed by atoms with Gasteiger partial charge in [-0.05, 0) is 18.1 Å². The minimum Gasteiger partial charge on any atom is -0.295 e. The Morgan fingerprint density at radius 3 is 3.07 bits per heavy atom. The predicted octanol–water partition coefficient (Wildman–Crippen LogP) is 1.74. The Kier molecular flexibility index (Phi) is 3.11. The third kappa shape index (κ3) is 2.64. The highest BCUT2D eigenvalue weighted by Gasteiger charge is 2.11. The fraction of sp³-hybridized carbons (Fsp3) is 0.333. The van der Waals surface area contributed by atoms with Gasteiger partial charge in [0.05, 0.1) is 6.07 Å². The monoisotopic (exact) mass is 199 g/mol. The van der Waals surface area contributed by atoms with E-state index in [2.05, 4.69) is 22.0 Å². The van der Waals surface area contributed by atoms with Gasteiger partial charge < -0.3 is 0 Å². The summed E-state index contributed by atoms with van der Waals surface area (Å²) in [6, 6.07) is 6.24. The van der Waals surface area contributed by atoms with Crippen LogP contribution in [-0.2, 0) is 6.54 Å². The van der Waals surface area contributed by atoms with Crippen LogP contribution >= 0.6 is 0 Å². The summed E-state index contributed by atoms with van der Waals surface area (Å²) in [5, 5.41) is 8.72. The van der Waals surface area contributed by atoms with Gasteiger partial charge in [-0.15, -0.1) is 0 Å². The Morgan fingerprint density at radius 1 is 1.53 bits per heavy atom. The largest absolute Gasteiger partial charge is 0.295 e. The molecule has 0 spiro atoms. The van der Waals surface area contributed by atoms with Gasteiger partial charge >= 0.3 is 0 Å². The van der Waals surface area contributed by atoms with Gasteiger partial charge in [-0.3, -0.25) is 9.88 Å². The Hall–Kier alpha value is -1.66. The number of hydrogen-bond donors (Lipinski definition) is 0. The van der Waals surface area contributed by atoms with Crippen LogP contribution in [0.4, 0.5) is 0 Å². The van der Waals surface area contributed by atoms with Crippen molar-refractivity contribution in [1.82, 2.24) is 9.88 Å². The van der Waals surface area contributed by atoms with E-state index in [4.69, 9.17) is 5.26 Å². The summed E-state index contributed by atoms with van der Waals surface area (Å²) >= 11 is 0. The Balaban J connectivity index is 1.94. The topological polar surface area (TPSA) is 39.9 Å². The first-order chi connectivity index (χ1) is 7.38. The van der Waals surface area contributed by atoms with Crippen molar-refractivity contribution in [3.63, 3.8) is 0 Å². The van der Waals surface area contributed by atoms with Crippen molar-refractivity contribution >= 4 is 0 Å². The van der Waals surface area contributed by atoms with E-state index >= 15 is 0 Å². The highest BCUT2D eigenvalue weighted by molar-refractivity contribution is 5.23. The van der Waals surface area contributed by atoms with E-state index in [1.165, 1.54) is 5.56 Å². The fourth-order valence-electron chi connectivity index (χ4n) is 1.71. The van der Waals surface area contributed by atoms with E-state index in [1.54, 1.807) is 6.20 Å². The van der Waals surface area contributed by atoms with Crippen molar-refractivity contribution in [3.8, 4) is 6.07 Å². The van der Waals surface area contributed by atoms with Crippen LogP contribution in [0, 0.1) is 11.3 Å². The average Bonchev–Trinajstić information content (AvgIpc) is 2.31. The molecule has 0 unspecified atom stereocenters. The molecule has 0 fully saturated rings. The normalized spacial score (nSPS) is 16.9. The summed E-state index contributed by atoms with van der Waals surface area (Å²) < 4.78 is 0. The van der Waals surface area contributed by atoms with Crippen LogP contribution in [0.25, 0.3) is 0 Å². The van der Waals surface area contributed by atoms with Crippen LogP contribution in [-0.4, -0.2) is 23.0 Å². The van der Waals surface area contributed by atoms with Crippen molar-refractivity contribution in [3.05, 3.63) is 41.7 Å². The predicted molar refractivity (Wildman–Crippen MR) is 57.8 cm³/mol. The third-order valence-electron chi connectivity index (χ3n) is 2.57. The molecule has 76 valence electrons. The standard InChI is InChI=1S/C12H13N3/c13-8-11-3-6-15(7-4-11)10-12-2-1-5-14-9-12/h1-3,5,9H,4,6-7,10H2. The lowest BCUT2D eigenvalue weighted by molar-refractivity contribution is 0.287. The van der Waals surface area contributed by atoms with Crippen molar-refractivity contribution in [2.75, 3.05) is 13.1 Å². The molecule has 0 aromatic carbocycles. The van der Waals surface area contributed by atoms with Crippen LogP contribution in [0.3, 0.4) is 0 Å². The van der Waals surface area contributed by atoms with Gasteiger partial charge in [-0.1, -0.05) is 12.1 Å². The highest BCUT2D eigenvalue weighted by Crippen LogP contribution is 2.12. The molecule has 0 radical (unpaired) electrons. The minimum absolute atomic E-state index is 0.872. The minimum atomic E-state index is 0.872. The van der Waals surface area contributed by atoms with E-state index in [1.807, 2.05) is 18.3 Å². The lowest BCUT2D eigenvalue weighted by atomic mass is 10.1. The van der Waals surface area contributed by atoms with Gasteiger partial charge in [0.2, 0.25) is 0 Å². The number of rotatable bonds is 2. The summed E-state index contributed by atoms with van der Waals surface area (Å²) in [6.45, 7) is 2.76. The van der Waals surface area contributed by atoms with Crippen molar-refractivity contribution in [2.45, 2.75) is 13.0 Å². The maximum absolute atomic E-state index is 8.72. The average molecular weight is 199 g/mol. The zero-order valence-corrected chi connectivity index (χ0v) is 8.56. The van der Waals surface area contributed by atoms with Crippen LogP contribution in [0.2, 0.25) is 0 Å². The molecule has 3 nitrogen and oxygen atoms in total. The van der Waals surface area contributed by atoms with Crippen LogP contribution < -0.4 is 0 Å². The Morgan fingerprint density at radius 2 is 2.47 bits per heavy atom. The van der Waals surface area contributed by atoms with Gasteiger partial charge in [0.15, 0.2) is 0 Å². The van der Waals surface area contributed by atoms with Gasteiger partial charge in [0, 0.05) is 37.6 Å². The fourth-order valence-corrected chi connectivity index (χ4v) is 1.71. The zero-order chi connectivity index (χ0) is 10.5. The smallest absolute Gasteiger partial charge is 0.0944 e. The lowest BCUT2D eigenvalue weighted by Crippen LogP contribution is -2.28. The summed E-state index contributed by atoms with van der Waals surface area (Å²) in [5.41, 5.74) is 2.14. The molecule has 0 aliphatic carbocycles. The molecular weight excluding hydrogens is 186 g/mol. The zero-order valence-electron chi connectivity index (χ0n) is 8.56. The second-order valence-electron chi connectivity index (χ2n) is 3.69. The lowest BCUT2D eigenvalue weighted by Gasteiger charge is -2.24. The third-order valence-corrected chi connectivity index (χ3v) is 2.57. The molecule has 2 heterocycles. The van der Waals surface area contributed by atoms with Crippen LogP contribution in [0.15, 0.2) is 36.2 Å². The van der Waals surface area contributed by atoms with E-state index in [-0.39, 0.29) is 0 Å². The molecule has 0 saturated heterocycles. The molecule has 1 aliphatic rings. The first-order valence-corrected chi connectivity index (χ1v) is 5.09. The molecule has 0 N–H and O–H groups in total. The Bertz CT molecular complexity index is 389. The second-order valence-corrected chi connectivity index (χ2v) is 3.69. The molecule has 0 saturated carbocycles. The molecular formula is C12H13N3. The maximum atomic E-state index is 8.72. The molecule has 1 aromatic heterocycles. The molecule has 3 heteroatoms. The first-order valence-electron chi connectivity index (χ1n) is 5.09. The van der Waals surface area contributed by atoms with Crippen LogP contribution in [0.5, 0.6) is 0 Å². The first kappa shape index (κ1) is 9.88. The molecule has 15 heavy (non-hydrogen) atoms. The maximum Gasteiger partial charge on any atom is 0.0944 e. The number of pyridine rings is 1. The number of nitriles is 1. The number of hydrogen-bond acceptors (Lipinski definition) is 3. The highest BCUT2D eigenvalue weighted by atomic mass is 15.1. The van der Waals surface area contributed by atoms with E-state index in [0.717, 1.165) is 31.6 Å². The van der Waals surface area contributed by atoms with Gasteiger partial charge in [-0.2, -0.15) is 5.26 Å². The summed E-state index contributed by atoms with van der Waals surface area (Å²) in [4.78, 5) is 6.40. The van der Waals surface area contributed by atoms with Crippen molar-refractivity contribution in [2.24, 2.45) is 0 Å². The Labute approximate surface area is 89.7 Å². The molecule has 2 rings (SSSR count). The van der Waals surface area contributed by atoms with Crippen molar-refractivity contribution in [1.29, 1.82) is 5.26 Å².